The minimum atomic E-state index is -3.72. The van der Waals surface area contributed by atoms with Crippen LogP contribution < -0.4 is 15.4 Å². The Hall–Kier alpha value is -1.98. The smallest absolute Gasteiger partial charge is 0.240 e. The molecule has 0 amide bonds. The molecule has 0 fully saturated rings. The lowest BCUT2D eigenvalue weighted by Gasteiger charge is -2.10. The van der Waals surface area contributed by atoms with E-state index in [0.717, 1.165) is 5.56 Å². The van der Waals surface area contributed by atoms with Crippen LogP contribution in [0.2, 0.25) is 0 Å². The zero-order valence-electron chi connectivity index (χ0n) is 16.2. The third-order valence-corrected chi connectivity index (χ3v) is 5.14. The van der Waals surface area contributed by atoms with Crippen LogP contribution in [-0.2, 0) is 23.1 Å². The Bertz CT molecular complexity index is 936. The molecular formula is C20H26FIN4O2S. The average Bonchev–Trinajstić information content (AvgIpc) is 2.69. The lowest BCUT2D eigenvalue weighted by atomic mass is 10.2. The van der Waals surface area contributed by atoms with E-state index < -0.39 is 15.8 Å². The average molecular weight is 532 g/mol. The van der Waals surface area contributed by atoms with E-state index in [1.54, 1.807) is 30.3 Å². The zero-order chi connectivity index (χ0) is 20.4. The summed E-state index contributed by atoms with van der Waals surface area (Å²) < 4.78 is 40.8. The molecule has 3 N–H and O–H groups in total. The molecular weight excluding hydrogens is 506 g/mol. The number of halogens is 2. The molecule has 29 heavy (non-hydrogen) atoms. The van der Waals surface area contributed by atoms with Crippen molar-refractivity contribution in [3.8, 4) is 0 Å². The molecule has 158 valence electrons. The highest BCUT2D eigenvalue weighted by Gasteiger charge is 2.14. The minimum Gasteiger partial charge on any atom is -0.357 e. The number of guanidine groups is 1. The number of nitrogens with zero attached hydrogens (tertiary/aromatic N) is 1. The largest absolute Gasteiger partial charge is 0.357 e. The lowest BCUT2D eigenvalue weighted by molar-refractivity contribution is 0.580. The standard InChI is InChI=1S/C20H25FN4O2S.HI/c1-3-11-23-20(22-4-2)24-14-17-8-6-10-19(13-17)28(26,27)25-15-16-7-5-9-18(21)12-16;/h3,5-10,12-13,25H,1,4,11,14-15H2,2H3,(H2,22,23,24);1H. The summed E-state index contributed by atoms with van der Waals surface area (Å²) in [5.74, 6) is 0.220. The maximum Gasteiger partial charge on any atom is 0.240 e. The predicted molar refractivity (Wildman–Crippen MR) is 125 cm³/mol. The first-order valence-electron chi connectivity index (χ1n) is 8.90. The molecule has 0 atom stereocenters. The number of hydrogen-bond acceptors (Lipinski definition) is 3. The first kappa shape index (κ1) is 25.1. The maximum absolute atomic E-state index is 13.2. The van der Waals surface area contributed by atoms with Crippen molar-refractivity contribution in [2.75, 3.05) is 13.1 Å². The van der Waals surface area contributed by atoms with Gasteiger partial charge in [0.2, 0.25) is 10.0 Å². The van der Waals surface area contributed by atoms with Crippen LogP contribution in [0.25, 0.3) is 0 Å². The maximum atomic E-state index is 13.2. The van der Waals surface area contributed by atoms with E-state index in [1.165, 1.54) is 18.2 Å². The summed E-state index contributed by atoms with van der Waals surface area (Å²) in [4.78, 5) is 4.58. The Morgan fingerprint density at radius 3 is 2.55 bits per heavy atom. The van der Waals surface area contributed by atoms with Crippen LogP contribution in [0.15, 0.2) is 71.1 Å². The van der Waals surface area contributed by atoms with Crippen LogP contribution >= 0.6 is 24.0 Å². The van der Waals surface area contributed by atoms with E-state index in [0.29, 0.717) is 31.2 Å². The molecule has 2 rings (SSSR count). The van der Waals surface area contributed by atoms with Gasteiger partial charge in [0.15, 0.2) is 5.96 Å². The molecule has 0 aliphatic rings. The Kier molecular flexibility index (Phi) is 10.8. The Balaban J connectivity index is 0.00000420. The minimum absolute atomic E-state index is 0. The van der Waals surface area contributed by atoms with Gasteiger partial charge in [-0.25, -0.2) is 22.5 Å². The van der Waals surface area contributed by atoms with E-state index >= 15 is 0 Å². The highest BCUT2D eigenvalue weighted by Crippen LogP contribution is 2.13. The fourth-order valence-electron chi connectivity index (χ4n) is 2.40. The SMILES string of the molecule is C=CCNC(=NCc1cccc(S(=O)(=O)NCc2cccc(F)c2)c1)NCC.I. The molecule has 0 spiro atoms. The third kappa shape index (κ3) is 8.50. The van der Waals surface area contributed by atoms with Gasteiger partial charge < -0.3 is 10.6 Å². The van der Waals surface area contributed by atoms with E-state index in [-0.39, 0.29) is 35.4 Å². The van der Waals surface area contributed by atoms with Crippen LogP contribution in [0.1, 0.15) is 18.1 Å². The molecule has 6 nitrogen and oxygen atoms in total. The van der Waals surface area contributed by atoms with E-state index in [1.807, 2.05) is 13.0 Å². The normalized spacial score (nSPS) is 11.4. The predicted octanol–water partition coefficient (Wildman–Crippen LogP) is 3.16. The molecule has 0 aliphatic carbocycles. The molecule has 0 radical (unpaired) electrons. The van der Waals surface area contributed by atoms with Crippen molar-refractivity contribution < 1.29 is 12.8 Å². The summed E-state index contributed by atoms with van der Waals surface area (Å²) in [6.07, 6.45) is 1.73. The quantitative estimate of drug-likeness (QED) is 0.201. The van der Waals surface area contributed by atoms with Crippen molar-refractivity contribution in [1.82, 2.24) is 15.4 Å². The number of aliphatic imine (C=N–C) groups is 1. The Morgan fingerprint density at radius 1 is 1.14 bits per heavy atom. The fourth-order valence-corrected chi connectivity index (χ4v) is 3.49. The molecule has 0 bridgehead atoms. The molecule has 2 aromatic rings. The van der Waals surface area contributed by atoms with Crippen molar-refractivity contribution in [3.63, 3.8) is 0 Å². The summed E-state index contributed by atoms with van der Waals surface area (Å²) >= 11 is 0. The van der Waals surface area contributed by atoms with Crippen LogP contribution in [0.3, 0.4) is 0 Å². The van der Waals surface area contributed by atoms with E-state index in [9.17, 15) is 12.8 Å². The van der Waals surface area contributed by atoms with Crippen molar-refractivity contribution in [2.45, 2.75) is 24.9 Å². The van der Waals surface area contributed by atoms with Gasteiger partial charge in [-0.1, -0.05) is 30.3 Å². The van der Waals surface area contributed by atoms with Crippen LogP contribution in [0, 0.1) is 5.82 Å². The lowest BCUT2D eigenvalue weighted by Crippen LogP contribution is -2.37. The number of nitrogens with one attached hydrogen (secondary N) is 3. The molecule has 2 aromatic carbocycles. The van der Waals surface area contributed by atoms with Gasteiger partial charge in [-0.15, -0.1) is 30.6 Å². The Labute approximate surface area is 188 Å². The van der Waals surface area contributed by atoms with Gasteiger partial charge in [0.25, 0.3) is 0 Å². The van der Waals surface area contributed by atoms with Crippen molar-refractivity contribution >= 4 is 40.0 Å². The van der Waals surface area contributed by atoms with Crippen molar-refractivity contribution in [3.05, 3.63) is 78.1 Å². The van der Waals surface area contributed by atoms with E-state index in [4.69, 9.17) is 0 Å². The van der Waals surface area contributed by atoms with Gasteiger partial charge in [0.1, 0.15) is 5.82 Å². The second kappa shape index (κ2) is 12.6. The first-order valence-corrected chi connectivity index (χ1v) is 10.4. The van der Waals surface area contributed by atoms with Crippen LogP contribution in [0.4, 0.5) is 4.39 Å². The third-order valence-electron chi connectivity index (χ3n) is 3.74. The molecule has 0 aromatic heterocycles. The van der Waals surface area contributed by atoms with E-state index in [2.05, 4.69) is 26.9 Å². The number of hydrogen-bond donors (Lipinski definition) is 3. The van der Waals surface area contributed by atoms with Gasteiger partial charge in [-0.05, 0) is 42.3 Å². The molecule has 0 saturated carbocycles. The van der Waals surface area contributed by atoms with Gasteiger partial charge in [0.05, 0.1) is 11.4 Å². The summed E-state index contributed by atoms with van der Waals surface area (Å²) in [6.45, 7) is 7.23. The first-order chi connectivity index (χ1) is 13.4. The molecule has 0 heterocycles. The van der Waals surface area contributed by atoms with Crippen molar-refractivity contribution in [1.29, 1.82) is 0 Å². The van der Waals surface area contributed by atoms with Gasteiger partial charge in [-0.3, -0.25) is 0 Å². The van der Waals surface area contributed by atoms with Gasteiger partial charge in [-0.2, -0.15) is 0 Å². The monoisotopic (exact) mass is 532 g/mol. The highest BCUT2D eigenvalue weighted by molar-refractivity contribution is 14.0. The summed E-state index contributed by atoms with van der Waals surface area (Å²) in [6, 6.07) is 12.4. The van der Waals surface area contributed by atoms with Gasteiger partial charge >= 0.3 is 0 Å². The molecule has 9 heteroatoms. The summed E-state index contributed by atoms with van der Waals surface area (Å²) in [5.41, 5.74) is 1.30. The molecule has 0 aliphatic heterocycles. The van der Waals surface area contributed by atoms with Crippen LogP contribution in [-0.4, -0.2) is 27.5 Å². The highest BCUT2D eigenvalue weighted by atomic mass is 127. The molecule has 0 unspecified atom stereocenters. The fraction of sp³-hybridized carbons (Fsp3) is 0.250. The van der Waals surface area contributed by atoms with Gasteiger partial charge in [0, 0.05) is 19.6 Å². The summed E-state index contributed by atoms with van der Waals surface area (Å²) in [7, 11) is -3.72. The summed E-state index contributed by atoms with van der Waals surface area (Å²) in [5, 5.41) is 6.19. The number of rotatable bonds is 9. The topological polar surface area (TPSA) is 82.6 Å². The number of sulfonamides is 1. The Morgan fingerprint density at radius 2 is 1.86 bits per heavy atom. The van der Waals surface area contributed by atoms with Crippen LogP contribution in [0.5, 0.6) is 0 Å². The zero-order valence-corrected chi connectivity index (χ0v) is 19.3. The second-order valence-corrected chi connectivity index (χ2v) is 7.73. The second-order valence-electron chi connectivity index (χ2n) is 5.97. The number of benzene rings is 2. The molecule has 0 saturated heterocycles. The van der Waals surface area contributed by atoms with Crippen molar-refractivity contribution in [2.24, 2.45) is 4.99 Å².